The monoisotopic (exact) mass is 429 g/mol. The van der Waals surface area contributed by atoms with Gasteiger partial charge in [0, 0.05) is 9.99 Å². The van der Waals surface area contributed by atoms with Crippen molar-refractivity contribution < 1.29 is 14.7 Å². The standard InChI is InChI=1S/C16H13ClINO3/c17-12-7-3-2-6-11(12)15(20)19-14(16(21)22)9-10-5-1-4-8-13(10)18/h1-8,14H,9H2,(H,19,20)(H,21,22)/t14-/m1/s1. The highest BCUT2D eigenvalue weighted by Gasteiger charge is 2.22. The Hall–Kier alpha value is -1.60. The number of aliphatic carboxylic acids is 1. The van der Waals surface area contributed by atoms with Crippen LogP contribution in [0.4, 0.5) is 0 Å². The van der Waals surface area contributed by atoms with Crippen molar-refractivity contribution in [1.29, 1.82) is 0 Å². The summed E-state index contributed by atoms with van der Waals surface area (Å²) in [5.74, 6) is -1.58. The average Bonchev–Trinajstić information content (AvgIpc) is 2.49. The predicted molar refractivity (Wildman–Crippen MR) is 93.2 cm³/mol. The molecule has 2 rings (SSSR count). The van der Waals surface area contributed by atoms with Crippen LogP contribution in [0.2, 0.25) is 5.02 Å². The van der Waals surface area contributed by atoms with Crippen molar-refractivity contribution in [3.8, 4) is 0 Å². The summed E-state index contributed by atoms with van der Waals surface area (Å²) >= 11 is 8.10. The molecule has 1 amide bonds. The van der Waals surface area contributed by atoms with E-state index in [1.54, 1.807) is 24.3 Å². The normalized spacial score (nSPS) is 11.7. The van der Waals surface area contributed by atoms with E-state index in [-0.39, 0.29) is 12.0 Å². The van der Waals surface area contributed by atoms with Crippen LogP contribution >= 0.6 is 34.2 Å². The molecule has 22 heavy (non-hydrogen) atoms. The molecule has 0 radical (unpaired) electrons. The van der Waals surface area contributed by atoms with Crippen molar-refractivity contribution in [2.45, 2.75) is 12.5 Å². The van der Waals surface area contributed by atoms with Crippen molar-refractivity contribution in [3.05, 3.63) is 68.3 Å². The Morgan fingerprint density at radius 2 is 1.77 bits per heavy atom. The Labute approximate surface area is 146 Å². The van der Waals surface area contributed by atoms with Gasteiger partial charge in [0.25, 0.3) is 5.91 Å². The zero-order valence-corrected chi connectivity index (χ0v) is 14.3. The van der Waals surface area contributed by atoms with Crippen LogP contribution in [0.1, 0.15) is 15.9 Å². The Balaban J connectivity index is 2.16. The number of halogens is 2. The van der Waals surface area contributed by atoms with Gasteiger partial charge in [0.2, 0.25) is 0 Å². The van der Waals surface area contributed by atoms with E-state index >= 15 is 0 Å². The molecule has 0 bridgehead atoms. The first-order chi connectivity index (χ1) is 10.5. The third-order valence-corrected chi connectivity index (χ3v) is 4.49. The summed E-state index contributed by atoms with van der Waals surface area (Å²) in [5.41, 5.74) is 1.13. The molecule has 0 fully saturated rings. The molecule has 1 atom stereocenters. The Kier molecular flexibility index (Phi) is 5.79. The van der Waals surface area contributed by atoms with Gasteiger partial charge < -0.3 is 10.4 Å². The molecule has 0 spiro atoms. The SMILES string of the molecule is O=C(N[C@H](Cc1ccccc1I)C(=O)O)c1ccccc1Cl. The molecule has 0 aliphatic carbocycles. The van der Waals surface area contributed by atoms with Gasteiger partial charge >= 0.3 is 5.97 Å². The predicted octanol–water partition coefficient (Wildman–Crippen LogP) is 3.37. The molecule has 0 heterocycles. The van der Waals surface area contributed by atoms with Gasteiger partial charge in [-0.2, -0.15) is 0 Å². The smallest absolute Gasteiger partial charge is 0.326 e. The van der Waals surface area contributed by atoms with E-state index < -0.39 is 17.9 Å². The Bertz CT molecular complexity index is 705. The maximum atomic E-state index is 12.2. The molecule has 0 unspecified atom stereocenters. The fourth-order valence-corrected chi connectivity index (χ4v) is 2.79. The number of hydrogen-bond acceptors (Lipinski definition) is 2. The van der Waals surface area contributed by atoms with E-state index in [1.165, 1.54) is 0 Å². The highest BCUT2D eigenvalue weighted by atomic mass is 127. The van der Waals surface area contributed by atoms with Crippen molar-refractivity contribution in [3.63, 3.8) is 0 Å². The van der Waals surface area contributed by atoms with E-state index in [2.05, 4.69) is 27.9 Å². The minimum atomic E-state index is -1.08. The molecule has 4 nitrogen and oxygen atoms in total. The highest BCUT2D eigenvalue weighted by Crippen LogP contribution is 2.16. The third kappa shape index (κ3) is 4.20. The molecule has 114 valence electrons. The minimum Gasteiger partial charge on any atom is -0.480 e. The molecule has 2 aromatic carbocycles. The van der Waals surface area contributed by atoms with Gasteiger partial charge in [-0.1, -0.05) is 41.9 Å². The van der Waals surface area contributed by atoms with Crippen molar-refractivity contribution in [1.82, 2.24) is 5.32 Å². The van der Waals surface area contributed by atoms with E-state index in [9.17, 15) is 14.7 Å². The van der Waals surface area contributed by atoms with E-state index in [4.69, 9.17) is 11.6 Å². The summed E-state index contributed by atoms with van der Waals surface area (Å²) in [4.78, 5) is 23.6. The van der Waals surface area contributed by atoms with Gasteiger partial charge in [-0.3, -0.25) is 4.79 Å². The van der Waals surface area contributed by atoms with Gasteiger partial charge in [0.1, 0.15) is 6.04 Å². The molecular weight excluding hydrogens is 417 g/mol. The third-order valence-electron chi connectivity index (χ3n) is 3.10. The van der Waals surface area contributed by atoms with Crippen LogP contribution in [0, 0.1) is 3.57 Å². The van der Waals surface area contributed by atoms with E-state index in [1.807, 2.05) is 24.3 Å². The molecular formula is C16H13ClINO3. The van der Waals surface area contributed by atoms with Crippen LogP contribution in [0.15, 0.2) is 48.5 Å². The van der Waals surface area contributed by atoms with Crippen LogP contribution in [0.25, 0.3) is 0 Å². The van der Waals surface area contributed by atoms with Crippen LogP contribution in [-0.2, 0) is 11.2 Å². The second-order valence-electron chi connectivity index (χ2n) is 4.64. The zero-order valence-electron chi connectivity index (χ0n) is 11.4. The molecule has 0 aliphatic rings. The number of carboxylic acids is 1. The first kappa shape index (κ1) is 16.8. The first-order valence-corrected chi connectivity index (χ1v) is 7.96. The zero-order chi connectivity index (χ0) is 16.1. The number of amides is 1. The number of carbonyl (C=O) groups excluding carboxylic acids is 1. The Morgan fingerprint density at radius 1 is 1.14 bits per heavy atom. The maximum absolute atomic E-state index is 12.2. The lowest BCUT2D eigenvalue weighted by Gasteiger charge is -2.16. The van der Waals surface area contributed by atoms with Gasteiger partial charge in [-0.05, 0) is 46.4 Å². The summed E-state index contributed by atoms with van der Waals surface area (Å²) in [6.45, 7) is 0. The van der Waals surface area contributed by atoms with Crippen molar-refractivity contribution >= 4 is 46.1 Å². The number of hydrogen-bond donors (Lipinski definition) is 2. The van der Waals surface area contributed by atoms with Gasteiger partial charge in [0.15, 0.2) is 0 Å². The lowest BCUT2D eigenvalue weighted by Crippen LogP contribution is -2.42. The molecule has 6 heteroatoms. The number of benzene rings is 2. The summed E-state index contributed by atoms with van der Waals surface area (Å²) in [7, 11) is 0. The fourth-order valence-electron chi connectivity index (χ4n) is 1.97. The molecule has 0 saturated carbocycles. The van der Waals surface area contributed by atoms with Crippen LogP contribution in [-0.4, -0.2) is 23.0 Å². The number of carbonyl (C=O) groups is 2. The van der Waals surface area contributed by atoms with Crippen LogP contribution in [0.5, 0.6) is 0 Å². The van der Waals surface area contributed by atoms with Gasteiger partial charge in [-0.15, -0.1) is 0 Å². The molecule has 2 aromatic rings. The van der Waals surface area contributed by atoms with E-state index in [0.717, 1.165) is 9.13 Å². The van der Waals surface area contributed by atoms with Gasteiger partial charge in [0.05, 0.1) is 10.6 Å². The van der Waals surface area contributed by atoms with Crippen molar-refractivity contribution in [2.24, 2.45) is 0 Å². The second-order valence-corrected chi connectivity index (χ2v) is 6.21. The second kappa shape index (κ2) is 7.60. The average molecular weight is 430 g/mol. The molecule has 0 aliphatic heterocycles. The fraction of sp³-hybridized carbons (Fsp3) is 0.125. The number of carboxylic acid groups (broad SMARTS) is 1. The topological polar surface area (TPSA) is 66.4 Å². The Morgan fingerprint density at radius 3 is 2.41 bits per heavy atom. The lowest BCUT2D eigenvalue weighted by molar-refractivity contribution is -0.139. The molecule has 2 N–H and O–H groups in total. The largest absolute Gasteiger partial charge is 0.480 e. The number of rotatable bonds is 5. The summed E-state index contributed by atoms with van der Waals surface area (Å²) in [6.07, 6.45) is 0.213. The molecule has 0 aromatic heterocycles. The summed E-state index contributed by atoms with van der Waals surface area (Å²) in [6, 6.07) is 13.0. The number of nitrogens with one attached hydrogen (secondary N) is 1. The summed E-state index contributed by atoms with van der Waals surface area (Å²) in [5, 5.41) is 12.2. The van der Waals surface area contributed by atoms with Crippen LogP contribution < -0.4 is 5.32 Å². The van der Waals surface area contributed by atoms with Crippen molar-refractivity contribution in [2.75, 3.05) is 0 Å². The highest BCUT2D eigenvalue weighted by molar-refractivity contribution is 14.1. The molecule has 0 saturated heterocycles. The van der Waals surface area contributed by atoms with Crippen LogP contribution in [0.3, 0.4) is 0 Å². The minimum absolute atomic E-state index is 0.213. The first-order valence-electron chi connectivity index (χ1n) is 6.50. The van der Waals surface area contributed by atoms with Gasteiger partial charge in [-0.25, -0.2) is 4.79 Å². The lowest BCUT2D eigenvalue weighted by atomic mass is 10.1. The maximum Gasteiger partial charge on any atom is 0.326 e. The quantitative estimate of drug-likeness (QED) is 0.716. The van der Waals surface area contributed by atoms with E-state index in [0.29, 0.717) is 5.02 Å². The summed E-state index contributed by atoms with van der Waals surface area (Å²) < 4.78 is 0.957.